The highest BCUT2D eigenvalue weighted by atomic mass is 19.4. The summed E-state index contributed by atoms with van der Waals surface area (Å²) in [5, 5.41) is 11.8. The molecule has 0 heterocycles. The summed E-state index contributed by atoms with van der Waals surface area (Å²) in [6.07, 6.45) is -1.98. The van der Waals surface area contributed by atoms with E-state index in [9.17, 15) is 22.8 Å². The number of carbonyl (C=O) groups excluding carboxylic acids is 1. The maximum Gasteiger partial charge on any atom is 0.573 e. The zero-order chi connectivity index (χ0) is 17.8. The molecule has 24 heavy (non-hydrogen) atoms. The van der Waals surface area contributed by atoms with E-state index in [2.05, 4.69) is 10.1 Å². The van der Waals surface area contributed by atoms with Crippen molar-refractivity contribution in [2.75, 3.05) is 0 Å². The van der Waals surface area contributed by atoms with Gasteiger partial charge >= 0.3 is 12.3 Å². The van der Waals surface area contributed by atoms with Gasteiger partial charge in [0.1, 0.15) is 5.75 Å². The molecule has 2 N–H and O–H groups in total. The number of aliphatic carboxylic acids is 1. The van der Waals surface area contributed by atoms with Crippen molar-refractivity contribution in [1.82, 2.24) is 5.32 Å². The van der Waals surface area contributed by atoms with Crippen LogP contribution >= 0.6 is 0 Å². The van der Waals surface area contributed by atoms with Gasteiger partial charge < -0.3 is 15.2 Å². The predicted octanol–water partition coefficient (Wildman–Crippen LogP) is 3.03. The van der Waals surface area contributed by atoms with Crippen LogP contribution in [0.3, 0.4) is 0 Å². The molecule has 0 saturated heterocycles. The number of hydrogen-bond acceptors (Lipinski definition) is 3. The number of carboxylic acid groups (broad SMARTS) is 1. The Morgan fingerprint density at radius 1 is 1.17 bits per heavy atom. The number of rotatable bonds is 6. The summed E-state index contributed by atoms with van der Waals surface area (Å²) in [6.45, 7) is 0. The summed E-state index contributed by atoms with van der Waals surface area (Å²) >= 11 is 0. The molecule has 1 amide bonds. The Morgan fingerprint density at radius 2 is 1.75 bits per heavy atom. The van der Waals surface area contributed by atoms with Crippen LogP contribution < -0.4 is 10.1 Å². The molecule has 1 aromatic rings. The van der Waals surface area contributed by atoms with E-state index >= 15 is 0 Å². The fourth-order valence-corrected chi connectivity index (χ4v) is 3.02. The molecule has 0 bridgehead atoms. The molecule has 0 unspecified atom stereocenters. The van der Waals surface area contributed by atoms with Crippen molar-refractivity contribution in [3.63, 3.8) is 0 Å². The Labute approximate surface area is 136 Å². The SMILES string of the molecule is O=C(O)CC1(NC(=O)Cc2ccc(OC(F)(F)F)cc2)CCCC1. The van der Waals surface area contributed by atoms with E-state index in [1.54, 1.807) is 0 Å². The molecule has 132 valence electrons. The third kappa shape index (κ3) is 5.43. The maximum absolute atomic E-state index is 12.2. The Morgan fingerprint density at radius 3 is 2.25 bits per heavy atom. The monoisotopic (exact) mass is 345 g/mol. The highest BCUT2D eigenvalue weighted by Crippen LogP contribution is 2.32. The van der Waals surface area contributed by atoms with Crippen LogP contribution in [0.4, 0.5) is 13.2 Å². The number of benzene rings is 1. The van der Waals surface area contributed by atoms with E-state index in [1.165, 1.54) is 12.1 Å². The first kappa shape index (κ1) is 18.1. The smallest absolute Gasteiger partial charge is 0.481 e. The molecule has 0 atom stereocenters. The van der Waals surface area contributed by atoms with Crippen molar-refractivity contribution >= 4 is 11.9 Å². The van der Waals surface area contributed by atoms with Crippen LogP contribution in [-0.4, -0.2) is 28.9 Å². The summed E-state index contributed by atoms with van der Waals surface area (Å²) in [4.78, 5) is 23.1. The van der Waals surface area contributed by atoms with Crippen molar-refractivity contribution in [3.05, 3.63) is 29.8 Å². The van der Waals surface area contributed by atoms with Crippen LogP contribution in [-0.2, 0) is 16.0 Å². The van der Waals surface area contributed by atoms with E-state index in [-0.39, 0.29) is 24.5 Å². The van der Waals surface area contributed by atoms with Crippen LogP contribution in [0.1, 0.15) is 37.7 Å². The van der Waals surface area contributed by atoms with Gasteiger partial charge in [-0.3, -0.25) is 9.59 Å². The Balaban J connectivity index is 1.95. The molecule has 0 aromatic heterocycles. The molecule has 1 saturated carbocycles. The summed E-state index contributed by atoms with van der Waals surface area (Å²) in [7, 11) is 0. The average molecular weight is 345 g/mol. The van der Waals surface area contributed by atoms with Crippen LogP contribution in [0.2, 0.25) is 0 Å². The molecule has 5 nitrogen and oxygen atoms in total. The summed E-state index contributed by atoms with van der Waals surface area (Å²) in [6, 6.07) is 5.02. The number of hydrogen-bond donors (Lipinski definition) is 2. The minimum Gasteiger partial charge on any atom is -0.481 e. The van der Waals surface area contributed by atoms with Crippen molar-refractivity contribution < 1.29 is 32.6 Å². The maximum atomic E-state index is 12.2. The van der Waals surface area contributed by atoms with Gasteiger partial charge in [0.15, 0.2) is 0 Å². The lowest BCUT2D eigenvalue weighted by Gasteiger charge is -2.28. The third-order valence-corrected chi connectivity index (χ3v) is 3.98. The molecular formula is C16H18F3NO4. The number of carbonyl (C=O) groups is 2. The van der Waals surface area contributed by atoms with Crippen LogP contribution in [0.15, 0.2) is 24.3 Å². The largest absolute Gasteiger partial charge is 0.573 e. The first-order valence-corrected chi connectivity index (χ1v) is 7.55. The van der Waals surface area contributed by atoms with E-state index in [0.717, 1.165) is 25.0 Å². The summed E-state index contributed by atoms with van der Waals surface area (Å²) in [5.74, 6) is -1.67. The van der Waals surface area contributed by atoms with Crippen LogP contribution in [0.25, 0.3) is 0 Å². The van der Waals surface area contributed by atoms with Gasteiger partial charge in [-0.2, -0.15) is 0 Å². The summed E-state index contributed by atoms with van der Waals surface area (Å²) < 4.78 is 40.0. The molecule has 1 aromatic carbocycles. The van der Waals surface area contributed by atoms with Gasteiger partial charge in [-0.1, -0.05) is 25.0 Å². The van der Waals surface area contributed by atoms with Gasteiger partial charge in [-0.15, -0.1) is 13.2 Å². The quantitative estimate of drug-likeness (QED) is 0.831. The number of amides is 1. The fourth-order valence-electron chi connectivity index (χ4n) is 3.02. The second-order valence-corrected chi connectivity index (χ2v) is 5.97. The van der Waals surface area contributed by atoms with Crippen molar-refractivity contribution in [3.8, 4) is 5.75 Å². The lowest BCUT2D eigenvalue weighted by atomic mass is 9.92. The topological polar surface area (TPSA) is 75.6 Å². The summed E-state index contributed by atoms with van der Waals surface area (Å²) in [5.41, 5.74) is -0.201. The number of halogens is 3. The van der Waals surface area contributed by atoms with Crippen molar-refractivity contribution in [2.24, 2.45) is 0 Å². The Hall–Kier alpha value is -2.25. The molecule has 1 aliphatic carbocycles. The molecule has 1 aliphatic rings. The predicted molar refractivity (Wildman–Crippen MR) is 78.4 cm³/mol. The molecule has 0 radical (unpaired) electrons. The lowest BCUT2D eigenvalue weighted by molar-refractivity contribution is -0.274. The first-order valence-electron chi connectivity index (χ1n) is 7.55. The minimum absolute atomic E-state index is 0.0341. The van der Waals surface area contributed by atoms with E-state index in [4.69, 9.17) is 5.11 Å². The van der Waals surface area contributed by atoms with Crippen molar-refractivity contribution in [1.29, 1.82) is 0 Å². The van der Waals surface area contributed by atoms with Gasteiger partial charge in [-0.25, -0.2) is 0 Å². The van der Waals surface area contributed by atoms with E-state index in [1.807, 2.05) is 0 Å². The highest BCUT2D eigenvalue weighted by molar-refractivity contribution is 5.80. The first-order chi connectivity index (χ1) is 11.2. The molecule has 2 rings (SSSR count). The van der Waals surface area contributed by atoms with Crippen LogP contribution in [0.5, 0.6) is 5.75 Å². The average Bonchev–Trinajstić information content (AvgIpc) is 2.86. The number of ether oxygens (including phenoxy) is 1. The highest BCUT2D eigenvalue weighted by Gasteiger charge is 2.37. The molecule has 8 heteroatoms. The fraction of sp³-hybridized carbons (Fsp3) is 0.500. The lowest BCUT2D eigenvalue weighted by Crippen LogP contribution is -2.48. The van der Waals surface area contributed by atoms with Gasteiger partial charge in [0.05, 0.1) is 18.4 Å². The third-order valence-electron chi connectivity index (χ3n) is 3.98. The second-order valence-electron chi connectivity index (χ2n) is 5.97. The van der Waals surface area contributed by atoms with Gasteiger partial charge in [-0.05, 0) is 30.5 Å². The molecule has 0 spiro atoms. The van der Waals surface area contributed by atoms with Crippen molar-refractivity contribution in [2.45, 2.75) is 50.4 Å². The Bertz CT molecular complexity index is 592. The number of alkyl halides is 3. The zero-order valence-electron chi connectivity index (χ0n) is 12.9. The minimum atomic E-state index is -4.76. The molecule has 1 fully saturated rings. The zero-order valence-corrected chi connectivity index (χ0v) is 12.9. The van der Waals surface area contributed by atoms with Crippen LogP contribution in [0, 0.1) is 0 Å². The van der Waals surface area contributed by atoms with Gasteiger partial charge in [0.2, 0.25) is 5.91 Å². The van der Waals surface area contributed by atoms with E-state index < -0.39 is 17.9 Å². The molecule has 0 aliphatic heterocycles. The van der Waals surface area contributed by atoms with Gasteiger partial charge in [0, 0.05) is 0 Å². The Kier molecular flexibility index (Phi) is 5.36. The van der Waals surface area contributed by atoms with E-state index in [0.29, 0.717) is 18.4 Å². The van der Waals surface area contributed by atoms with Gasteiger partial charge in [0.25, 0.3) is 0 Å². The second kappa shape index (κ2) is 7.11. The number of nitrogens with one attached hydrogen (secondary N) is 1. The normalized spacial score (nSPS) is 16.6. The molecular weight excluding hydrogens is 327 g/mol. The standard InChI is InChI=1S/C16H18F3NO4/c17-16(18,19)24-12-5-3-11(4-6-12)9-13(21)20-15(10-14(22)23)7-1-2-8-15/h3-6H,1-2,7-10H2,(H,20,21)(H,22,23). The number of carboxylic acids is 1.